The van der Waals surface area contributed by atoms with Crippen LogP contribution in [0.2, 0.25) is 0 Å². The molecular weight excluding hydrogens is 276 g/mol. The minimum atomic E-state index is -0.447. The average Bonchev–Trinajstić information content (AvgIpc) is 2.73. The monoisotopic (exact) mass is 310 g/mol. The number of hydrogen-bond acceptors (Lipinski definition) is 3. The summed E-state index contributed by atoms with van der Waals surface area (Å²) in [5.41, 5.74) is 0. The lowest BCUT2D eigenvalue weighted by atomic mass is 9.92. The van der Waals surface area contributed by atoms with Crippen molar-refractivity contribution >= 4 is 0 Å². The van der Waals surface area contributed by atoms with Gasteiger partial charge in [-0.05, 0) is 44.9 Å². The van der Waals surface area contributed by atoms with Crippen LogP contribution in [0.15, 0.2) is 0 Å². The van der Waals surface area contributed by atoms with Crippen LogP contribution in [-0.4, -0.2) is 18.0 Å². The molecule has 0 aromatic rings. The van der Waals surface area contributed by atoms with Crippen molar-refractivity contribution in [3.8, 4) is 0 Å². The minimum absolute atomic E-state index is 0.287. The van der Waals surface area contributed by atoms with Crippen LogP contribution in [0.1, 0.15) is 103 Å². The van der Waals surface area contributed by atoms with E-state index in [0.29, 0.717) is 6.10 Å². The second-order valence-electron chi connectivity index (χ2n) is 7.64. The highest BCUT2D eigenvalue weighted by atomic mass is 17.2. The molecule has 0 saturated heterocycles. The predicted molar refractivity (Wildman–Crippen MR) is 87.4 cm³/mol. The summed E-state index contributed by atoms with van der Waals surface area (Å²) in [7, 11) is 0. The van der Waals surface area contributed by atoms with Crippen LogP contribution in [0.3, 0.4) is 0 Å². The molecule has 3 fully saturated rings. The third kappa shape index (κ3) is 4.94. The standard InChI is InChI=1S/C19H34O3/c1-4-8-15-19(16-9-5-1,20-17-13-10-14-17)22-21-18-11-6-2-3-7-12-18/h17-18H,1-16H2. The Balaban J connectivity index is 1.55. The highest BCUT2D eigenvalue weighted by molar-refractivity contribution is 4.78. The summed E-state index contributed by atoms with van der Waals surface area (Å²) in [5.74, 6) is -0.447. The fourth-order valence-electron chi connectivity index (χ4n) is 3.95. The van der Waals surface area contributed by atoms with E-state index in [1.807, 2.05) is 0 Å². The molecule has 0 N–H and O–H groups in total. The van der Waals surface area contributed by atoms with E-state index >= 15 is 0 Å². The normalized spacial score (nSPS) is 28.4. The van der Waals surface area contributed by atoms with Crippen molar-refractivity contribution in [1.29, 1.82) is 0 Å². The summed E-state index contributed by atoms with van der Waals surface area (Å²) in [5, 5.41) is 0. The van der Waals surface area contributed by atoms with Crippen molar-refractivity contribution in [2.45, 2.75) is 121 Å². The van der Waals surface area contributed by atoms with Gasteiger partial charge in [0.05, 0.1) is 12.2 Å². The van der Waals surface area contributed by atoms with Gasteiger partial charge >= 0.3 is 0 Å². The highest BCUT2D eigenvalue weighted by Crippen LogP contribution is 2.37. The highest BCUT2D eigenvalue weighted by Gasteiger charge is 2.38. The van der Waals surface area contributed by atoms with Gasteiger partial charge in [0, 0.05) is 12.8 Å². The number of rotatable bonds is 5. The second-order valence-corrected chi connectivity index (χ2v) is 7.64. The van der Waals surface area contributed by atoms with Gasteiger partial charge in [0.1, 0.15) is 0 Å². The molecule has 0 heterocycles. The van der Waals surface area contributed by atoms with Crippen LogP contribution in [0, 0.1) is 0 Å². The average molecular weight is 310 g/mol. The lowest BCUT2D eigenvalue weighted by Crippen LogP contribution is -2.43. The molecule has 0 aromatic heterocycles. The molecule has 0 atom stereocenters. The fraction of sp³-hybridized carbons (Fsp3) is 1.00. The molecule has 3 saturated carbocycles. The van der Waals surface area contributed by atoms with Crippen LogP contribution in [0.25, 0.3) is 0 Å². The largest absolute Gasteiger partial charge is 0.344 e. The summed E-state index contributed by atoms with van der Waals surface area (Å²) in [4.78, 5) is 12.0. The summed E-state index contributed by atoms with van der Waals surface area (Å²) < 4.78 is 6.43. The van der Waals surface area contributed by atoms with Gasteiger partial charge in [0.2, 0.25) is 5.79 Å². The Kier molecular flexibility index (Phi) is 6.58. The van der Waals surface area contributed by atoms with Gasteiger partial charge in [-0.3, -0.25) is 0 Å². The molecule has 0 aromatic carbocycles. The molecule has 3 nitrogen and oxygen atoms in total. The zero-order valence-electron chi connectivity index (χ0n) is 14.2. The predicted octanol–water partition coefficient (Wildman–Crippen LogP) is 5.67. The van der Waals surface area contributed by atoms with E-state index in [2.05, 4.69) is 0 Å². The maximum Gasteiger partial charge on any atom is 0.201 e. The van der Waals surface area contributed by atoms with Crippen molar-refractivity contribution in [2.75, 3.05) is 0 Å². The van der Waals surface area contributed by atoms with Crippen LogP contribution < -0.4 is 0 Å². The minimum Gasteiger partial charge on any atom is -0.344 e. The van der Waals surface area contributed by atoms with Crippen molar-refractivity contribution < 1.29 is 14.5 Å². The van der Waals surface area contributed by atoms with Gasteiger partial charge in [-0.1, -0.05) is 44.9 Å². The van der Waals surface area contributed by atoms with Gasteiger partial charge < -0.3 is 4.74 Å². The third-order valence-electron chi connectivity index (χ3n) is 5.69. The number of ether oxygens (including phenoxy) is 1. The first-order valence-corrected chi connectivity index (χ1v) is 9.89. The van der Waals surface area contributed by atoms with Crippen LogP contribution in [0.4, 0.5) is 0 Å². The van der Waals surface area contributed by atoms with Gasteiger partial charge in [0.25, 0.3) is 0 Å². The molecule has 0 aliphatic heterocycles. The molecule has 0 amide bonds. The zero-order valence-corrected chi connectivity index (χ0v) is 14.2. The maximum atomic E-state index is 6.43. The van der Waals surface area contributed by atoms with E-state index in [1.54, 1.807) is 0 Å². The number of hydrogen-bond donors (Lipinski definition) is 0. The van der Waals surface area contributed by atoms with E-state index in [-0.39, 0.29) is 6.10 Å². The Morgan fingerprint density at radius 2 is 1.09 bits per heavy atom. The van der Waals surface area contributed by atoms with Gasteiger partial charge in [-0.15, -0.1) is 0 Å². The Hall–Kier alpha value is -0.120. The zero-order chi connectivity index (χ0) is 15.1. The molecule has 128 valence electrons. The van der Waals surface area contributed by atoms with Gasteiger partial charge in [-0.25, -0.2) is 9.78 Å². The van der Waals surface area contributed by atoms with Crippen molar-refractivity contribution in [2.24, 2.45) is 0 Å². The Morgan fingerprint density at radius 1 is 0.545 bits per heavy atom. The summed E-state index contributed by atoms with van der Waals surface area (Å²) >= 11 is 0. The first kappa shape index (κ1) is 16.7. The smallest absolute Gasteiger partial charge is 0.201 e. The van der Waals surface area contributed by atoms with E-state index in [9.17, 15) is 0 Å². The maximum absolute atomic E-state index is 6.43. The molecule has 0 radical (unpaired) electrons. The van der Waals surface area contributed by atoms with E-state index in [4.69, 9.17) is 14.5 Å². The van der Waals surface area contributed by atoms with E-state index in [0.717, 1.165) is 25.7 Å². The molecule has 3 aliphatic rings. The summed E-state index contributed by atoms with van der Waals surface area (Å²) in [6.45, 7) is 0. The lowest BCUT2D eigenvalue weighted by molar-refractivity contribution is -0.459. The van der Waals surface area contributed by atoms with Gasteiger partial charge in [-0.2, -0.15) is 0 Å². The topological polar surface area (TPSA) is 27.7 Å². The van der Waals surface area contributed by atoms with E-state index in [1.165, 1.54) is 77.0 Å². The molecule has 0 unspecified atom stereocenters. The molecule has 3 rings (SSSR count). The third-order valence-corrected chi connectivity index (χ3v) is 5.69. The van der Waals surface area contributed by atoms with E-state index < -0.39 is 5.79 Å². The molecule has 0 bridgehead atoms. The van der Waals surface area contributed by atoms with Crippen molar-refractivity contribution in [3.05, 3.63) is 0 Å². The Labute approximate surface area is 136 Å². The second kappa shape index (κ2) is 8.65. The quantitative estimate of drug-likeness (QED) is 0.283. The van der Waals surface area contributed by atoms with Crippen LogP contribution in [0.5, 0.6) is 0 Å². The summed E-state index contributed by atoms with van der Waals surface area (Å²) in [6.07, 6.45) is 20.4. The molecule has 22 heavy (non-hydrogen) atoms. The van der Waals surface area contributed by atoms with Crippen molar-refractivity contribution in [1.82, 2.24) is 0 Å². The molecule has 3 aliphatic carbocycles. The van der Waals surface area contributed by atoms with Crippen LogP contribution in [-0.2, 0) is 14.5 Å². The Morgan fingerprint density at radius 3 is 1.68 bits per heavy atom. The molecular formula is C19H34O3. The lowest BCUT2D eigenvalue weighted by Gasteiger charge is -2.40. The first-order valence-electron chi connectivity index (χ1n) is 9.89. The first-order chi connectivity index (χ1) is 10.9. The fourth-order valence-corrected chi connectivity index (χ4v) is 3.95. The SMILES string of the molecule is C1CCCC(OOC2CCCCCC2)(OC2CCC2)CCC1. The van der Waals surface area contributed by atoms with Crippen molar-refractivity contribution in [3.63, 3.8) is 0 Å². The Bertz CT molecular complexity index is 298. The molecule has 3 heteroatoms. The van der Waals surface area contributed by atoms with Crippen LogP contribution >= 0.6 is 0 Å². The molecule has 0 spiro atoms. The summed E-state index contributed by atoms with van der Waals surface area (Å²) in [6, 6.07) is 0. The van der Waals surface area contributed by atoms with Gasteiger partial charge in [0.15, 0.2) is 0 Å².